The number of pyridine rings is 1. The van der Waals surface area contributed by atoms with Crippen molar-refractivity contribution >= 4 is 5.82 Å². The predicted octanol–water partition coefficient (Wildman–Crippen LogP) is 0.814. The van der Waals surface area contributed by atoms with E-state index in [0.717, 1.165) is 61.9 Å². The lowest BCUT2D eigenvalue weighted by atomic mass is 10.1. The van der Waals surface area contributed by atoms with Crippen LogP contribution in [0.3, 0.4) is 0 Å². The number of nitrogens with zero attached hydrogens (tertiary/aromatic N) is 4. The number of morpholine rings is 1. The summed E-state index contributed by atoms with van der Waals surface area (Å²) in [6, 6.07) is 3.91. The molecular formula is C19H25N5O2. The van der Waals surface area contributed by atoms with Crippen molar-refractivity contribution in [3.05, 3.63) is 35.8 Å². The van der Waals surface area contributed by atoms with Crippen molar-refractivity contribution < 1.29 is 9.84 Å². The predicted molar refractivity (Wildman–Crippen MR) is 99.2 cm³/mol. The van der Waals surface area contributed by atoms with E-state index in [1.54, 1.807) is 12.4 Å². The molecule has 4 heterocycles. The molecule has 0 aliphatic carbocycles. The van der Waals surface area contributed by atoms with Gasteiger partial charge in [0.25, 0.3) is 0 Å². The SMILES string of the molecule is OCCC1CN(c2nc(-c3ccncc3)nc3c2CCNCC3)CCO1. The lowest BCUT2D eigenvalue weighted by molar-refractivity contribution is 0.0244. The minimum atomic E-state index is 0.0487. The highest BCUT2D eigenvalue weighted by Gasteiger charge is 2.26. The van der Waals surface area contributed by atoms with Crippen LogP contribution >= 0.6 is 0 Å². The van der Waals surface area contributed by atoms with Crippen LogP contribution in [0.5, 0.6) is 0 Å². The molecule has 1 saturated heterocycles. The first kappa shape index (κ1) is 17.3. The highest BCUT2D eigenvalue weighted by molar-refractivity contribution is 5.60. The number of hydrogen-bond donors (Lipinski definition) is 2. The summed E-state index contributed by atoms with van der Waals surface area (Å²) in [5, 5.41) is 12.7. The summed E-state index contributed by atoms with van der Waals surface area (Å²) in [6.07, 6.45) is 6.10. The molecule has 7 nitrogen and oxygen atoms in total. The van der Waals surface area contributed by atoms with Gasteiger partial charge in [-0.05, 0) is 31.5 Å². The Labute approximate surface area is 153 Å². The normalized spacial score (nSPS) is 20.5. The average Bonchev–Trinajstić information content (AvgIpc) is 2.94. The van der Waals surface area contributed by atoms with Crippen LogP contribution in [0.1, 0.15) is 17.7 Å². The van der Waals surface area contributed by atoms with Crippen molar-refractivity contribution in [3.8, 4) is 11.4 Å². The van der Waals surface area contributed by atoms with Crippen molar-refractivity contribution in [3.63, 3.8) is 0 Å². The third-order valence-electron chi connectivity index (χ3n) is 4.99. The molecule has 138 valence electrons. The number of hydrogen-bond acceptors (Lipinski definition) is 7. The molecule has 2 N–H and O–H groups in total. The molecule has 0 bridgehead atoms. The Bertz CT molecular complexity index is 738. The van der Waals surface area contributed by atoms with E-state index in [-0.39, 0.29) is 12.7 Å². The molecular weight excluding hydrogens is 330 g/mol. The first-order valence-corrected chi connectivity index (χ1v) is 9.33. The number of ether oxygens (including phenoxy) is 1. The van der Waals surface area contributed by atoms with Gasteiger partial charge < -0.3 is 20.1 Å². The van der Waals surface area contributed by atoms with Crippen molar-refractivity contribution in [1.82, 2.24) is 20.3 Å². The minimum absolute atomic E-state index is 0.0487. The molecule has 2 aliphatic heterocycles. The van der Waals surface area contributed by atoms with E-state index in [0.29, 0.717) is 13.0 Å². The topological polar surface area (TPSA) is 83.4 Å². The second-order valence-corrected chi connectivity index (χ2v) is 6.73. The van der Waals surface area contributed by atoms with Gasteiger partial charge in [-0.2, -0.15) is 0 Å². The Kier molecular flexibility index (Phi) is 5.38. The van der Waals surface area contributed by atoms with Crippen LogP contribution in [0.4, 0.5) is 5.82 Å². The molecule has 2 aliphatic rings. The van der Waals surface area contributed by atoms with E-state index in [1.165, 1.54) is 5.56 Å². The molecule has 1 fully saturated rings. The molecule has 0 saturated carbocycles. The van der Waals surface area contributed by atoms with Crippen molar-refractivity contribution in [1.29, 1.82) is 0 Å². The number of nitrogens with one attached hydrogen (secondary N) is 1. The molecule has 1 unspecified atom stereocenters. The second-order valence-electron chi connectivity index (χ2n) is 6.73. The average molecular weight is 355 g/mol. The Hall–Kier alpha value is -2.09. The van der Waals surface area contributed by atoms with E-state index in [9.17, 15) is 5.11 Å². The van der Waals surface area contributed by atoms with Crippen molar-refractivity contribution in [2.24, 2.45) is 0 Å². The monoisotopic (exact) mass is 355 g/mol. The van der Waals surface area contributed by atoms with Crippen LogP contribution in [0.15, 0.2) is 24.5 Å². The van der Waals surface area contributed by atoms with Crippen LogP contribution in [0.25, 0.3) is 11.4 Å². The fraction of sp³-hybridized carbons (Fsp3) is 0.526. The Balaban J connectivity index is 1.74. The van der Waals surface area contributed by atoms with Gasteiger partial charge in [-0.25, -0.2) is 9.97 Å². The third-order valence-corrected chi connectivity index (χ3v) is 4.99. The summed E-state index contributed by atoms with van der Waals surface area (Å²) in [5.74, 6) is 1.78. The Morgan fingerprint density at radius 3 is 2.88 bits per heavy atom. The Morgan fingerprint density at radius 1 is 1.19 bits per heavy atom. The largest absolute Gasteiger partial charge is 0.396 e. The van der Waals surface area contributed by atoms with Gasteiger partial charge in [-0.1, -0.05) is 0 Å². The van der Waals surface area contributed by atoms with Crippen LogP contribution in [0.2, 0.25) is 0 Å². The van der Waals surface area contributed by atoms with E-state index in [1.807, 2.05) is 12.1 Å². The van der Waals surface area contributed by atoms with Crippen molar-refractivity contribution in [2.45, 2.75) is 25.4 Å². The van der Waals surface area contributed by atoms with Gasteiger partial charge in [0.1, 0.15) is 5.82 Å². The maximum atomic E-state index is 9.26. The standard InChI is InChI=1S/C19H25N5O2/c25-11-5-15-13-24(10-12-26-15)19-16-3-8-21-9-4-17(16)22-18(23-19)14-1-6-20-7-2-14/h1-2,6-7,15,21,25H,3-5,8-13H2. The molecule has 7 heteroatoms. The molecule has 4 rings (SSSR count). The molecule has 26 heavy (non-hydrogen) atoms. The summed E-state index contributed by atoms with van der Waals surface area (Å²) in [6.45, 7) is 4.26. The van der Waals surface area contributed by atoms with Crippen molar-refractivity contribution in [2.75, 3.05) is 44.3 Å². The lowest BCUT2D eigenvalue weighted by Crippen LogP contribution is -2.44. The highest BCUT2D eigenvalue weighted by Crippen LogP contribution is 2.28. The quantitative estimate of drug-likeness (QED) is 0.840. The number of rotatable bonds is 4. The lowest BCUT2D eigenvalue weighted by Gasteiger charge is -2.35. The zero-order chi connectivity index (χ0) is 17.8. The number of aromatic nitrogens is 3. The van der Waals surface area contributed by atoms with E-state index in [2.05, 4.69) is 15.2 Å². The van der Waals surface area contributed by atoms with E-state index < -0.39 is 0 Å². The van der Waals surface area contributed by atoms with Gasteiger partial charge in [0.05, 0.1) is 18.4 Å². The van der Waals surface area contributed by atoms with Gasteiger partial charge in [-0.15, -0.1) is 0 Å². The summed E-state index contributed by atoms with van der Waals surface area (Å²) >= 11 is 0. The molecule has 0 amide bonds. The molecule has 2 aromatic heterocycles. The van der Waals surface area contributed by atoms with Crippen LogP contribution in [0, 0.1) is 0 Å². The summed E-state index contributed by atoms with van der Waals surface area (Å²) in [4.78, 5) is 16.2. The first-order chi connectivity index (χ1) is 12.8. The number of aliphatic hydroxyl groups is 1. The zero-order valence-corrected chi connectivity index (χ0v) is 14.9. The summed E-state index contributed by atoms with van der Waals surface area (Å²) in [5.41, 5.74) is 3.37. The summed E-state index contributed by atoms with van der Waals surface area (Å²) in [7, 11) is 0. The number of aliphatic hydroxyl groups excluding tert-OH is 1. The molecule has 1 atom stereocenters. The van der Waals surface area contributed by atoms with Gasteiger partial charge in [0, 0.05) is 56.2 Å². The fourth-order valence-corrected chi connectivity index (χ4v) is 3.65. The van der Waals surface area contributed by atoms with E-state index >= 15 is 0 Å². The first-order valence-electron chi connectivity index (χ1n) is 9.33. The summed E-state index contributed by atoms with van der Waals surface area (Å²) < 4.78 is 5.79. The van der Waals surface area contributed by atoms with Crippen LogP contribution in [-0.2, 0) is 17.6 Å². The smallest absolute Gasteiger partial charge is 0.161 e. The Morgan fingerprint density at radius 2 is 2.04 bits per heavy atom. The molecule has 0 spiro atoms. The number of fused-ring (bicyclic) bond motifs is 1. The minimum Gasteiger partial charge on any atom is -0.396 e. The fourth-order valence-electron chi connectivity index (χ4n) is 3.65. The molecule has 2 aromatic rings. The second kappa shape index (κ2) is 8.07. The van der Waals surface area contributed by atoms with Gasteiger partial charge in [-0.3, -0.25) is 4.98 Å². The van der Waals surface area contributed by atoms with E-state index in [4.69, 9.17) is 14.7 Å². The van der Waals surface area contributed by atoms with Gasteiger partial charge in [0.15, 0.2) is 5.82 Å². The molecule has 0 aromatic carbocycles. The molecule has 0 radical (unpaired) electrons. The zero-order valence-electron chi connectivity index (χ0n) is 14.9. The van der Waals surface area contributed by atoms with Gasteiger partial charge in [0.2, 0.25) is 0 Å². The maximum Gasteiger partial charge on any atom is 0.161 e. The third kappa shape index (κ3) is 3.70. The number of anilines is 1. The van der Waals surface area contributed by atoms with Crippen LogP contribution in [-0.4, -0.2) is 65.6 Å². The van der Waals surface area contributed by atoms with Gasteiger partial charge >= 0.3 is 0 Å². The maximum absolute atomic E-state index is 9.26. The highest BCUT2D eigenvalue weighted by atomic mass is 16.5. The van der Waals surface area contributed by atoms with Crippen LogP contribution < -0.4 is 10.2 Å².